The summed E-state index contributed by atoms with van der Waals surface area (Å²) in [6.45, 7) is 4.59. The fourth-order valence-electron chi connectivity index (χ4n) is 5.74. The Hall–Kier alpha value is -2.85. The summed E-state index contributed by atoms with van der Waals surface area (Å²) >= 11 is 0. The number of nitrogens with zero attached hydrogens (tertiary/aromatic N) is 1. The van der Waals surface area contributed by atoms with E-state index in [9.17, 15) is 5.26 Å². The van der Waals surface area contributed by atoms with Gasteiger partial charge in [-0.2, -0.15) is 5.26 Å². The second kappa shape index (κ2) is 10.8. The van der Waals surface area contributed by atoms with Gasteiger partial charge in [-0.25, -0.2) is 0 Å². The predicted octanol–water partition coefficient (Wildman–Crippen LogP) is 9.43. The van der Waals surface area contributed by atoms with E-state index in [4.69, 9.17) is 0 Å². The molecule has 0 bridgehead atoms. The first-order chi connectivity index (χ1) is 16.2. The van der Waals surface area contributed by atoms with Crippen LogP contribution in [0.5, 0.6) is 0 Å². The van der Waals surface area contributed by atoms with Crippen LogP contribution in [0.15, 0.2) is 66.7 Å². The molecule has 0 N–H and O–H groups in total. The van der Waals surface area contributed by atoms with Gasteiger partial charge in [0.2, 0.25) is 0 Å². The maximum Gasteiger partial charge on any atom is 0.0991 e. The molecule has 0 saturated heterocycles. The smallest absolute Gasteiger partial charge is 0.0991 e. The first kappa shape index (κ1) is 23.3. The minimum absolute atomic E-state index is 0.121. The maximum atomic E-state index is 9.19. The van der Waals surface area contributed by atoms with Crippen molar-refractivity contribution in [3.8, 4) is 28.3 Å². The lowest BCUT2D eigenvalue weighted by Gasteiger charge is -2.33. The van der Waals surface area contributed by atoms with Crippen molar-refractivity contribution in [1.29, 1.82) is 5.26 Å². The number of unbranched alkanes of at least 4 members (excludes halogenated alkanes) is 6. The van der Waals surface area contributed by atoms with Crippen molar-refractivity contribution in [3.63, 3.8) is 0 Å². The molecule has 0 heterocycles. The quantitative estimate of drug-likeness (QED) is 0.275. The van der Waals surface area contributed by atoms with Crippen LogP contribution < -0.4 is 0 Å². The van der Waals surface area contributed by atoms with Gasteiger partial charge in [0.05, 0.1) is 11.6 Å². The van der Waals surface area contributed by atoms with Gasteiger partial charge in [-0.3, -0.25) is 0 Å². The maximum absolute atomic E-state index is 9.19. The second-order valence-electron chi connectivity index (χ2n) is 9.70. The molecule has 0 saturated carbocycles. The Labute approximate surface area is 200 Å². The van der Waals surface area contributed by atoms with E-state index in [0.717, 1.165) is 0 Å². The van der Waals surface area contributed by atoms with E-state index in [-0.39, 0.29) is 5.41 Å². The SMILES string of the molecule is CCCCCCC1(CCCCCC)c2ccccc2-c2ccc(-c3ccc(C#N)cc3)cc21. The summed E-state index contributed by atoms with van der Waals surface area (Å²) in [6.07, 6.45) is 12.9. The molecule has 170 valence electrons. The molecule has 0 radical (unpaired) electrons. The number of hydrogen-bond donors (Lipinski definition) is 0. The molecule has 33 heavy (non-hydrogen) atoms. The lowest BCUT2D eigenvalue weighted by atomic mass is 9.70. The highest BCUT2D eigenvalue weighted by Crippen LogP contribution is 2.54. The topological polar surface area (TPSA) is 23.8 Å². The number of rotatable bonds is 11. The Kier molecular flexibility index (Phi) is 7.66. The number of benzene rings is 3. The van der Waals surface area contributed by atoms with Crippen LogP contribution in [-0.2, 0) is 5.41 Å². The molecule has 0 atom stereocenters. The van der Waals surface area contributed by atoms with E-state index >= 15 is 0 Å². The molecule has 1 aliphatic rings. The number of fused-ring (bicyclic) bond motifs is 3. The van der Waals surface area contributed by atoms with Crippen molar-refractivity contribution < 1.29 is 0 Å². The van der Waals surface area contributed by atoms with Crippen LogP contribution in [0.4, 0.5) is 0 Å². The summed E-state index contributed by atoms with van der Waals surface area (Å²) in [7, 11) is 0. The van der Waals surface area contributed by atoms with Gasteiger partial charge in [-0.15, -0.1) is 0 Å². The third-order valence-corrected chi connectivity index (χ3v) is 7.53. The zero-order chi connectivity index (χ0) is 23.1. The lowest BCUT2D eigenvalue weighted by Crippen LogP contribution is -2.25. The van der Waals surface area contributed by atoms with Crippen molar-refractivity contribution >= 4 is 0 Å². The molecule has 0 amide bonds. The monoisotopic (exact) mass is 435 g/mol. The summed E-state index contributed by atoms with van der Waals surface area (Å²) in [5.74, 6) is 0. The Morgan fingerprint density at radius 2 is 1.24 bits per heavy atom. The molecule has 1 nitrogen and oxygen atoms in total. The molecule has 0 spiro atoms. The Morgan fingerprint density at radius 3 is 1.88 bits per heavy atom. The van der Waals surface area contributed by atoms with E-state index < -0.39 is 0 Å². The lowest BCUT2D eigenvalue weighted by molar-refractivity contribution is 0.401. The minimum atomic E-state index is 0.121. The van der Waals surface area contributed by atoms with Crippen LogP contribution in [0.3, 0.4) is 0 Å². The van der Waals surface area contributed by atoms with Crippen LogP contribution in [0, 0.1) is 11.3 Å². The van der Waals surface area contributed by atoms with Crippen molar-refractivity contribution in [2.45, 2.75) is 83.5 Å². The van der Waals surface area contributed by atoms with Crippen LogP contribution in [0.25, 0.3) is 22.3 Å². The molecule has 0 fully saturated rings. The fourth-order valence-corrected chi connectivity index (χ4v) is 5.74. The Morgan fingerprint density at radius 1 is 0.636 bits per heavy atom. The highest BCUT2D eigenvalue weighted by molar-refractivity contribution is 5.84. The summed E-state index contributed by atoms with van der Waals surface area (Å²) in [5.41, 5.74) is 9.22. The molecule has 3 aromatic rings. The zero-order valence-corrected chi connectivity index (χ0v) is 20.4. The molecule has 4 rings (SSSR count). The normalized spacial score (nSPS) is 13.4. The largest absolute Gasteiger partial charge is 0.192 e. The van der Waals surface area contributed by atoms with Crippen molar-refractivity contribution in [2.24, 2.45) is 0 Å². The first-order valence-corrected chi connectivity index (χ1v) is 13.0. The molecule has 0 aromatic heterocycles. The van der Waals surface area contributed by atoms with E-state index in [1.54, 1.807) is 5.56 Å². The summed E-state index contributed by atoms with van der Waals surface area (Å²) < 4.78 is 0. The predicted molar refractivity (Wildman–Crippen MR) is 140 cm³/mol. The average molecular weight is 436 g/mol. The summed E-state index contributed by atoms with van der Waals surface area (Å²) in [4.78, 5) is 0. The van der Waals surface area contributed by atoms with E-state index in [1.807, 2.05) is 12.1 Å². The van der Waals surface area contributed by atoms with Gasteiger partial charge in [0.15, 0.2) is 0 Å². The fraction of sp³-hybridized carbons (Fsp3) is 0.406. The molecular formula is C32H37N. The highest BCUT2D eigenvalue weighted by atomic mass is 14.4. The molecule has 1 aliphatic carbocycles. The van der Waals surface area contributed by atoms with Gasteiger partial charge in [0, 0.05) is 5.41 Å². The van der Waals surface area contributed by atoms with Gasteiger partial charge in [0.25, 0.3) is 0 Å². The second-order valence-corrected chi connectivity index (χ2v) is 9.70. The van der Waals surface area contributed by atoms with Gasteiger partial charge in [-0.05, 0) is 64.4 Å². The number of nitriles is 1. The van der Waals surface area contributed by atoms with Crippen LogP contribution in [0.2, 0.25) is 0 Å². The van der Waals surface area contributed by atoms with Crippen LogP contribution in [-0.4, -0.2) is 0 Å². The van der Waals surface area contributed by atoms with Crippen LogP contribution >= 0.6 is 0 Å². The third kappa shape index (κ3) is 4.77. The van der Waals surface area contributed by atoms with Crippen molar-refractivity contribution in [1.82, 2.24) is 0 Å². The van der Waals surface area contributed by atoms with Gasteiger partial charge < -0.3 is 0 Å². The Bertz CT molecular complexity index is 1090. The van der Waals surface area contributed by atoms with Crippen molar-refractivity contribution in [3.05, 3.63) is 83.4 Å². The van der Waals surface area contributed by atoms with Gasteiger partial charge >= 0.3 is 0 Å². The standard InChI is InChI=1S/C32H37N/c1-3-5-7-11-21-32(22-12-8-6-4-2)30-14-10-9-13-28(30)29-20-19-27(23-31(29)32)26-17-15-25(24-33)16-18-26/h9-10,13-20,23H,3-8,11-12,21-22H2,1-2H3. The molecule has 3 aromatic carbocycles. The van der Waals surface area contributed by atoms with E-state index in [1.165, 1.54) is 92.0 Å². The molecule has 0 aliphatic heterocycles. The zero-order valence-electron chi connectivity index (χ0n) is 20.4. The molecule has 1 heteroatoms. The Balaban J connectivity index is 1.77. The minimum Gasteiger partial charge on any atom is -0.192 e. The summed E-state index contributed by atoms with van der Waals surface area (Å²) in [5, 5.41) is 9.19. The van der Waals surface area contributed by atoms with E-state index in [0.29, 0.717) is 5.56 Å². The average Bonchev–Trinajstić information content (AvgIpc) is 3.14. The van der Waals surface area contributed by atoms with Gasteiger partial charge in [0.1, 0.15) is 0 Å². The van der Waals surface area contributed by atoms with Gasteiger partial charge in [-0.1, -0.05) is 114 Å². The third-order valence-electron chi connectivity index (χ3n) is 7.53. The molecular weight excluding hydrogens is 398 g/mol. The van der Waals surface area contributed by atoms with Crippen LogP contribution in [0.1, 0.15) is 94.7 Å². The number of hydrogen-bond acceptors (Lipinski definition) is 1. The first-order valence-electron chi connectivity index (χ1n) is 13.0. The summed E-state index contributed by atoms with van der Waals surface area (Å²) in [6, 6.07) is 26.5. The van der Waals surface area contributed by atoms with E-state index in [2.05, 4.69) is 74.5 Å². The highest BCUT2D eigenvalue weighted by Gasteiger charge is 2.42. The van der Waals surface area contributed by atoms with Crippen molar-refractivity contribution in [2.75, 3.05) is 0 Å². The molecule has 0 unspecified atom stereocenters.